The molecule has 0 amide bonds. The Hall–Kier alpha value is -2.70. The van der Waals surface area contributed by atoms with Gasteiger partial charge in [-0.2, -0.15) is 0 Å². The van der Waals surface area contributed by atoms with Crippen LogP contribution in [0.4, 0.5) is 18.9 Å². The smallest absolute Gasteiger partial charge is 0.193 e. The van der Waals surface area contributed by atoms with E-state index in [1.54, 1.807) is 6.07 Å². The van der Waals surface area contributed by atoms with E-state index < -0.39 is 17.5 Å². The third-order valence-electron chi connectivity index (χ3n) is 4.27. The minimum absolute atomic E-state index is 0.0221. The molecule has 0 aromatic heterocycles. The number of anilines is 1. The normalized spacial score (nSPS) is 20.1. The van der Waals surface area contributed by atoms with E-state index in [0.717, 1.165) is 23.8 Å². The summed E-state index contributed by atoms with van der Waals surface area (Å²) in [5.74, 6) is -1.15. The molecule has 0 spiro atoms. The monoisotopic (exact) mass is 349 g/mol. The number of benzene rings is 2. The second kappa shape index (κ2) is 7.04. The Morgan fingerprint density at radius 2 is 1.88 bits per heavy atom. The number of hydrogen-bond acceptors (Lipinski definition) is 2. The number of guanidine groups is 1. The third kappa shape index (κ3) is 3.87. The fourth-order valence-corrected chi connectivity index (χ4v) is 2.86. The molecule has 4 nitrogen and oxygen atoms in total. The van der Waals surface area contributed by atoms with Crippen LogP contribution in [0.2, 0.25) is 0 Å². The van der Waals surface area contributed by atoms with Crippen LogP contribution >= 0.6 is 0 Å². The molecule has 7 heteroatoms. The third-order valence-corrected chi connectivity index (χ3v) is 4.27. The van der Waals surface area contributed by atoms with Gasteiger partial charge in [-0.3, -0.25) is 0 Å². The second-order valence-corrected chi connectivity index (χ2v) is 5.98. The van der Waals surface area contributed by atoms with Crippen molar-refractivity contribution in [3.05, 3.63) is 59.4 Å². The van der Waals surface area contributed by atoms with Gasteiger partial charge in [0.15, 0.2) is 17.5 Å². The fourth-order valence-electron chi connectivity index (χ4n) is 2.86. The van der Waals surface area contributed by atoms with Gasteiger partial charge in [-0.05, 0) is 48.6 Å². The van der Waals surface area contributed by atoms with E-state index in [2.05, 4.69) is 10.3 Å². The first-order valence-corrected chi connectivity index (χ1v) is 7.85. The van der Waals surface area contributed by atoms with Crippen molar-refractivity contribution >= 4 is 11.6 Å². The average Bonchev–Trinajstić information content (AvgIpc) is 2.54. The Bertz CT molecular complexity index is 804. The Kier molecular flexibility index (Phi) is 4.83. The minimum atomic E-state index is -0.611. The number of aliphatic imine (C=N–C) groups is 1. The van der Waals surface area contributed by atoms with Crippen molar-refractivity contribution in [1.82, 2.24) is 0 Å². The van der Waals surface area contributed by atoms with Crippen molar-refractivity contribution in [3.8, 4) is 5.75 Å². The molecule has 0 atom stereocenters. The molecule has 0 heterocycles. The summed E-state index contributed by atoms with van der Waals surface area (Å²) >= 11 is 0. The lowest BCUT2D eigenvalue weighted by Crippen LogP contribution is -2.31. The number of methoxy groups -OCH3 is 1. The van der Waals surface area contributed by atoms with Gasteiger partial charge in [0.1, 0.15) is 11.6 Å². The molecular formula is C18H18F3N3O. The zero-order valence-corrected chi connectivity index (χ0v) is 13.6. The fraction of sp³-hybridized carbons (Fsp3) is 0.278. The first-order valence-electron chi connectivity index (χ1n) is 7.85. The summed E-state index contributed by atoms with van der Waals surface area (Å²) in [4.78, 5) is 4.26. The van der Waals surface area contributed by atoms with E-state index in [-0.39, 0.29) is 29.4 Å². The molecule has 0 aliphatic heterocycles. The highest BCUT2D eigenvalue weighted by molar-refractivity contribution is 5.92. The van der Waals surface area contributed by atoms with Crippen LogP contribution in [0, 0.1) is 17.5 Å². The summed E-state index contributed by atoms with van der Waals surface area (Å²) in [6, 6.07) is 7.91. The van der Waals surface area contributed by atoms with Gasteiger partial charge in [-0.25, -0.2) is 18.2 Å². The minimum Gasteiger partial charge on any atom is -0.494 e. The molecule has 3 N–H and O–H groups in total. The molecular weight excluding hydrogens is 331 g/mol. The molecule has 1 aliphatic rings. The summed E-state index contributed by atoms with van der Waals surface area (Å²) in [7, 11) is 1.42. The maximum atomic E-state index is 13.7. The highest BCUT2D eigenvalue weighted by atomic mass is 19.1. The van der Waals surface area contributed by atoms with Crippen molar-refractivity contribution < 1.29 is 17.9 Å². The number of nitrogens with zero attached hydrogens (tertiary/aromatic N) is 1. The molecule has 2 aromatic rings. The Morgan fingerprint density at radius 3 is 2.56 bits per heavy atom. The molecule has 25 heavy (non-hydrogen) atoms. The lowest BCUT2D eigenvalue weighted by Gasteiger charge is -2.33. The second-order valence-electron chi connectivity index (χ2n) is 5.98. The molecule has 2 aromatic carbocycles. The van der Waals surface area contributed by atoms with Gasteiger partial charge in [0.2, 0.25) is 0 Å². The van der Waals surface area contributed by atoms with Crippen LogP contribution < -0.4 is 15.8 Å². The quantitative estimate of drug-likeness (QED) is 0.652. The average molecular weight is 349 g/mol. The van der Waals surface area contributed by atoms with E-state index in [9.17, 15) is 13.2 Å². The summed E-state index contributed by atoms with van der Waals surface area (Å²) in [6.45, 7) is 0. The van der Waals surface area contributed by atoms with Gasteiger partial charge < -0.3 is 15.8 Å². The van der Waals surface area contributed by atoms with Crippen LogP contribution in [0.5, 0.6) is 5.75 Å². The van der Waals surface area contributed by atoms with E-state index >= 15 is 0 Å². The van der Waals surface area contributed by atoms with E-state index in [4.69, 9.17) is 10.5 Å². The highest BCUT2D eigenvalue weighted by Crippen LogP contribution is 2.39. The predicted molar refractivity (Wildman–Crippen MR) is 90.3 cm³/mol. The zero-order valence-electron chi connectivity index (χ0n) is 13.6. The lowest BCUT2D eigenvalue weighted by atomic mass is 9.76. The number of nitrogens with one attached hydrogen (secondary N) is 1. The summed E-state index contributed by atoms with van der Waals surface area (Å²) in [5, 5.41) is 2.57. The van der Waals surface area contributed by atoms with Gasteiger partial charge >= 0.3 is 0 Å². The van der Waals surface area contributed by atoms with Crippen LogP contribution in [-0.4, -0.2) is 19.1 Å². The number of nitrogens with two attached hydrogens (primary N) is 1. The number of ether oxygens (including phenoxy) is 1. The molecule has 1 saturated carbocycles. The van der Waals surface area contributed by atoms with Crippen LogP contribution in [0.1, 0.15) is 24.3 Å². The predicted octanol–water partition coefficient (Wildman–Crippen LogP) is 3.79. The van der Waals surface area contributed by atoms with Crippen molar-refractivity contribution in [2.24, 2.45) is 10.7 Å². The van der Waals surface area contributed by atoms with Crippen LogP contribution in [-0.2, 0) is 0 Å². The van der Waals surface area contributed by atoms with Crippen LogP contribution in [0.15, 0.2) is 41.4 Å². The van der Waals surface area contributed by atoms with E-state index in [1.807, 2.05) is 6.07 Å². The Labute approximate surface area is 143 Å². The summed E-state index contributed by atoms with van der Waals surface area (Å²) in [5.41, 5.74) is 6.58. The molecule has 3 rings (SSSR count). The molecule has 132 valence electrons. The van der Waals surface area contributed by atoms with Gasteiger partial charge in [0, 0.05) is 6.07 Å². The van der Waals surface area contributed by atoms with Crippen molar-refractivity contribution in [2.45, 2.75) is 24.8 Å². The van der Waals surface area contributed by atoms with Crippen LogP contribution in [0.3, 0.4) is 0 Å². The Morgan fingerprint density at radius 1 is 1.12 bits per heavy atom. The first kappa shape index (κ1) is 17.1. The van der Waals surface area contributed by atoms with Gasteiger partial charge in [-0.1, -0.05) is 6.07 Å². The topological polar surface area (TPSA) is 59.6 Å². The SMILES string of the molecule is COc1ccc(C2CC(N=C(N)Nc3cc(F)ccc3F)C2)cc1F. The van der Waals surface area contributed by atoms with Crippen molar-refractivity contribution in [3.63, 3.8) is 0 Å². The van der Waals surface area contributed by atoms with Gasteiger partial charge in [0.25, 0.3) is 0 Å². The molecule has 0 radical (unpaired) electrons. The lowest BCUT2D eigenvalue weighted by molar-refractivity contribution is 0.349. The number of halogens is 3. The molecule has 0 unspecified atom stereocenters. The van der Waals surface area contributed by atoms with Crippen LogP contribution in [0.25, 0.3) is 0 Å². The largest absolute Gasteiger partial charge is 0.494 e. The molecule has 0 saturated heterocycles. The molecule has 1 fully saturated rings. The number of rotatable bonds is 4. The Balaban J connectivity index is 1.59. The number of hydrogen-bond donors (Lipinski definition) is 2. The zero-order chi connectivity index (χ0) is 18.0. The van der Waals surface area contributed by atoms with E-state index in [0.29, 0.717) is 12.8 Å². The molecule has 1 aliphatic carbocycles. The highest BCUT2D eigenvalue weighted by Gasteiger charge is 2.30. The summed E-state index contributed by atoms with van der Waals surface area (Å²) in [6.07, 6.45) is 1.42. The van der Waals surface area contributed by atoms with Gasteiger partial charge in [0.05, 0.1) is 18.8 Å². The van der Waals surface area contributed by atoms with Crippen molar-refractivity contribution in [1.29, 1.82) is 0 Å². The van der Waals surface area contributed by atoms with Gasteiger partial charge in [-0.15, -0.1) is 0 Å². The van der Waals surface area contributed by atoms with Crippen molar-refractivity contribution in [2.75, 3.05) is 12.4 Å². The maximum Gasteiger partial charge on any atom is 0.193 e. The molecule has 0 bridgehead atoms. The maximum absolute atomic E-state index is 13.7. The van der Waals surface area contributed by atoms with E-state index in [1.165, 1.54) is 13.2 Å². The standard InChI is InChI=1S/C18H18F3N3O/c1-25-17-5-2-10(8-15(17)21)11-6-13(7-11)23-18(22)24-16-9-12(19)3-4-14(16)20/h2-5,8-9,11,13H,6-7H2,1H3,(H3,22,23,24). The summed E-state index contributed by atoms with van der Waals surface area (Å²) < 4.78 is 45.3. The first-order chi connectivity index (χ1) is 12.0.